The molecule has 334 valence electrons. The van der Waals surface area contributed by atoms with Gasteiger partial charge in [0.2, 0.25) is 12.1 Å². The number of carbonyl (C=O) groups excluding carboxylic acids is 1. The van der Waals surface area contributed by atoms with Gasteiger partial charge in [0.1, 0.15) is 23.3 Å². The van der Waals surface area contributed by atoms with Crippen LogP contribution in [0.3, 0.4) is 0 Å². The van der Waals surface area contributed by atoms with E-state index in [2.05, 4.69) is 12.7 Å². The topological polar surface area (TPSA) is 201 Å². The number of allylic oxidation sites excluding steroid dienone is 1. The van der Waals surface area contributed by atoms with Crippen molar-refractivity contribution in [3.05, 3.63) is 82.4 Å². The largest absolute Gasteiger partial charge is 0.459 e. The van der Waals surface area contributed by atoms with Crippen molar-refractivity contribution in [3.63, 3.8) is 0 Å². The predicted molar refractivity (Wildman–Crippen MR) is 224 cm³/mol. The number of benzene rings is 2. The number of rotatable bonds is 23. The quantitative estimate of drug-likeness (QED) is 0.0447. The van der Waals surface area contributed by atoms with Gasteiger partial charge in [-0.1, -0.05) is 36.2 Å². The minimum absolute atomic E-state index is 0.00776. The molecule has 3 N–H and O–H groups in total. The summed E-state index contributed by atoms with van der Waals surface area (Å²) in [5.74, 6) is -1.27. The molecule has 2 fully saturated rings. The van der Waals surface area contributed by atoms with E-state index < -0.39 is 35.1 Å². The molecule has 1 saturated carbocycles. The number of aliphatic hydroxyl groups excluding tert-OH is 3. The molecule has 1 unspecified atom stereocenters. The summed E-state index contributed by atoms with van der Waals surface area (Å²) in [7, 11) is 0. The summed E-state index contributed by atoms with van der Waals surface area (Å²) in [4.78, 5) is 33.1. The van der Waals surface area contributed by atoms with Crippen LogP contribution >= 0.6 is 0 Å². The average molecular weight is 852 g/mol. The number of aliphatic hydroxyl groups is 3. The third-order valence-electron chi connectivity index (χ3n) is 11.9. The number of ether oxygens (including phenoxy) is 6. The number of hydrogen-bond donors (Lipinski definition) is 3. The predicted octanol–water partition coefficient (Wildman–Crippen LogP) is 7.01. The first-order valence-corrected chi connectivity index (χ1v) is 21.7. The Morgan fingerprint density at radius 1 is 1.05 bits per heavy atom. The summed E-state index contributed by atoms with van der Waals surface area (Å²) in [6, 6.07) is 10.6. The molecule has 61 heavy (non-hydrogen) atoms. The zero-order valence-electron chi connectivity index (χ0n) is 35.1. The van der Waals surface area contributed by atoms with Crippen LogP contribution in [0.25, 0.3) is 0 Å². The molecule has 0 bridgehead atoms. The van der Waals surface area contributed by atoms with Crippen molar-refractivity contribution >= 4 is 17.5 Å². The maximum atomic E-state index is 14.2. The first kappa shape index (κ1) is 45.9. The number of nitro groups is 1. The lowest BCUT2D eigenvalue weighted by Crippen LogP contribution is -2.70. The molecule has 16 nitrogen and oxygen atoms in total. The molecule has 0 spiro atoms. The molecule has 2 heterocycles. The van der Waals surface area contributed by atoms with Crippen molar-refractivity contribution < 1.29 is 58.3 Å². The maximum absolute atomic E-state index is 14.2. The van der Waals surface area contributed by atoms with Crippen molar-refractivity contribution in [1.29, 1.82) is 0 Å². The zero-order chi connectivity index (χ0) is 43.2. The number of oxime groups is 1. The molecule has 2 aliphatic heterocycles. The molecule has 0 aromatic heterocycles. The van der Waals surface area contributed by atoms with Crippen LogP contribution in [0.4, 0.5) is 10.5 Å². The fourth-order valence-corrected chi connectivity index (χ4v) is 9.34. The smallest absolute Gasteiger partial charge is 0.410 e. The number of nitrogens with zero attached hydrogens (tertiary/aromatic N) is 3. The molecule has 1 saturated heterocycles. The molecule has 2 aromatic carbocycles. The van der Waals surface area contributed by atoms with Crippen LogP contribution in [-0.4, -0.2) is 114 Å². The minimum Gasteiger partial charge on any atom is -0.459 e. The van der Waals surface area contributed by atoms with E-state index in [1.54, 1.807) is 36.1 Å². The maximum Gasteiger partial charge on any atom is 0.410 e. The lowest BCUT2D eigenvalue weighted by molar-refractivity contribution is -0.384. The highest BCUT2D eigenvalue weighted by atomic mass is 16.8. The molecule has 1 amide bonds. The zero-order valence-corrected chi connectivity index (χ0v) is 35.1. The van der Waals surface area contributed by atoms with Crippen LogP contribution in [0.1, 0.15) is 82.6 Å². The van der Waals surface area contributed by atoms with Gasteiger partial charge in [0, 0.05) is 50.1 Å². The molecule has 7 atom stereocenters. The monoisotopic (exact) mass is 851 g/mol. The standard InChI is InChI=1S/C45H61N3O13/c1-3-23-58-45-40(47(44(52)56-4-2)19-25-55-26-22-51)30-38(46-61-41-16-7-10-24-57-41)36-27-31(12-5-8-20-49)35(15-6-9-21-50)42(43(36)45)37-29-34(17-18-39(37)60-45)59-33-14-11-13-32(28-33)48(53)54/h3,11,13-14,17-18,27-29,31,35,40-43,49-51H,1,4-10,12,15-16,19-26,30H2,2H3/t31-,35+,40-,41?,42+,43+,45+/m0/s1. The van der Waals surface area contributed by atoms with E-state index in [0.717, 1.165) is 49.7 Å². The van der Waals surface area contributed by atoms with E-state index in [-0.39, 0.29) is 82.7 Å². The first-order valence-electron chi connectivity index (χ1n) is 21.7. The van der Waals surface area contributed by atoms with Crippen LogP contribution < -0.4 is 9.47 Å². The number of hydrogen-bond acceptors (Lipinski definition) is 14. The molecular weight excluding hydrogens is 791 g/mol. The van der Waals surface area contributed by atoms with E-state index in [4.69, 9.17) is 38.4 Å². The van der Waals surface area contributed by atoms with Crippen LogP contribution in [0.2, 0.25) is 0 Å². The van der Waals surface area contributed by atoms with Gasteiger partial charge >= 0.3 is 6.09 Å². The first-order chi connectivity index (χ1) is 29.8. The van der Waals surface area contributed by atoms with E-state index in [1.807, 2.05) is 12.1 Å². The highest BCUT2D eigenvalue weighted by Gasteiger charge is 2.65. The van der Waals surface area contributed by atoms with Crippen molar-refractivity contribution in [1.82, 2.24) is 4.90 Å². The van der Waals surface area contributed by atoms with Gasteiger partial charge in [-0.15, -0.1) is 6.58 Å². The SMILES string of the molecule is C=CCO[C@@]12Oc3ccc(Oc4cccc([N+](=O)[O-])c4)cc3[C@H]3[C@H](CCCCO)[C@@H](CCCCO)C=C(C(=NOC4CCCCO4)C[C@@H]1N(CCOCCO)C(=O)OCC)[C@H]32. The van der Waals surface area contributed by atoms with Gasteiger partial charge in [0.05, 0.1) is 62.3 Å². The fraction of sp³-hybridized carbons (Fsp3) is 0.600. The second-order valence-corrected chi connectivity index (χ2v) is 15.8. The third kappa shape index (κ3) is 10.9. The van der Waals surface area contributed by atoms with Crippen LogP contribution in [-0.2, 0) is 23.8 Å². The summed E-state index contributed by atoms with van der Waals surface area (Å²) in [6.45, 7) is 6.62. The summed E-state index contributed by atoms with van der Waals surface area (Å²) < 4.78 is 37.9. The molecule has 0 radical (unpaired) electrons. The van der Waals surface area contributed by atoms with Crippen molar-refractivity contribution in [2.24, 2.45) is 22.9 Å². The molecule has 6 rings (SSSR count). The van der Waals surface area contributed by atoms with E-state index >= 15 is 0 Å². The normalized spacial score (nSPS) is 26.0. The Kier molecular flexibility index (Phi) is 16.9. The fourth-order valence-electron chi connectivity index (χ4n) is 9.34. The van der Waals surface area contributed by atoms with E-state index in [0.29, 0.717) is 48.8 Å². The second-order valence-electron chi connectivity index (χ2n) is 15.8. The molecule has 4 aliphatic rings. The molecular formula is C45H61N3O13. The van der Waals surface area contributed by atoms with Gasteiger partial charge in [-0.3, -0.25) is 15.0 Å². The number of nitro benzene ring substituents is 1. The molecule has 2 aromatic rings. The Labute approximate surface area is 357 Å². The van der Waals surface area contributed by atoms with Gasteiger partial charge in [-0.2, -0.15) is 0 Å². The Hall–Kier alpha value is -4.58. The summed E-state index contributed by atoms with van der Waals surface area (Å²) in [5.41, 5.74) is 2.18. The van der Waals surface area contributed by atoms with Gasteiger partial charge in [-0.25, -0.2) is 4.79 Å². The van der Waals surface area contributed by atoms with Gasteiger partial charge in [0.15, 0.2) is 0 Å². The Balaban J connectivity index is 1.57. The van der Waals surface area contributed by atoms with Gasteiger partial charge in [-0.05, 0) is 87.1 Å². The summed E-state index contributed by atoms with van der Waals surface area (Å²) >= 11 is 0. The molecule has 16 heteroatoms. The van der Waals surface area contributed by atoms with Gasteiger partial charge in [0.25, 0.3) is 5.69 Å². The van der Waals surface area contributed by atoms with Crippen molar-refractivity contribution in [3.8, 4) is 17.2 Å². The average Bonchev–Trinajstić information content (AvgIpc) is 3.27. The van der Waals surface area contributed by atoms with Crippen LogP contribution in [0.15, 0.2) is 71.9 Å². The van der Waals surface area contributed by atoms with E-state index in [9.17, 15) is 30.2 Å². The van der Waals surface area contributed by atoms with Gasteiger partial charge < -0.3 is 48.6 Å². The highest BCUT2D eigenvalue weighted by Crippen LogP contribution is 2.62. The number of fused-ring (bicyclic) bond motifs is 2. The Morgan fingerprint density at radius 2 is 1.85 bits per heavy atom. The van der Waals surface area contributed by atoms with Crippen LogP contribution in [0, 0.1) is 27.9 Å². The van der Waals surface area contributed by atoms with Crippen molar-refractivity contribution in [2.45, 2.75) is 95.2 Å². The Morgan fingerprint density at radius 3 is 2.57 bits per heavy atom. The number of non-ortho nitro benzene ring substituents is 1. The number of unbranched alkanes of at least 4 members (excludes halogenated alkanes) is 2. The minimum atomic E-state index is -1.53. The molecule has 2 aliphatic carbocycles. The van der Waals surface area contributed by atoms with Crippen LogP contribution in [0.5, 0.6) is 17.2 Å². The summed E-state index contributed by atoms with van der Waals surface area (Å²) in [5, 5.41) is 45.8. The van der Waals surface area contributed by atoms with E-state index in [1.165, 1.54) is 12.1 Å². The highest BCUT2D eigenvalue weighted by molar-refractivity contribution is 6.03. The lowest BCUT2D eigenvalue weighted by Gasteiger charge is -2.59. The van der Waals surface area contributed by atoms with Crippen molar-refractivity contribution in [2.75, 3.05) is 59.4 Å². The Bertz CT molecular complexity index is 1830. The third-order valence-corrected chi connectivity index (χ3v) is 11.9. The second kappa shape index (κ2) is 22.5. The lowest BCUT2D eigenvalue weighted by atomic mass is 9.55. The number of amides is 1. The number of carbonyl (C=O) groups is 1. The summed E-state index contributed by atoms with van der Waals surface area (Å²) in [6.07, 6.45) is 9.65.